The van der Waals surface area contributed by atoms with Crippen LogP contribution in [-0.4, -0.2) is 37.3 Å². The van der Waals surface area contributed by atoms with Gasteiger partial charge in [-0.15, -0.1) is 0 Å². The van der Waals surface area contributed by atoms with Gasteiger partial charge in [0, 0.05) is 34.8 Å². The molecule has 1 fully saturated rings. The third kappa shape index (κ3) is 6.36. The van der Waals surface area contributed by atoms with Crippen LogP contribution in [0.3, 0.4) is 0 Å². The molecular weight excluding hydrogens is 481 g/mol. The van der Waals surface area contributed by atoms with Crippen molar-refractivity contribution in [1.82, 2.24) is 5.32 Å². The molecule has 1 saturated heterocycles. The zero-order valence-electron chi connectivity index (χ0n) is 17.5. The van der Waals surface area contributed by atoms with Gasteiger partial charge in [-0.2, -0.15) is 0 Å². The number of benzene rings is 2. The second-order valence-electron chi connectivity index (χ2n) is 7.25. The molecule has 0 spiro atoms. The summed E-state index contributed by atoms with van der Waals surface area (Å²) in [5, 5.41) is 7.00. The third-order valence-electron chi connectivity index (χ3n) is 4.91. The van der Waals surface area contributed by atoms with Crippen molar-refractivity contribution in [2.24, 2.45) is 0 Å². The van der Waals surface area contributed by atoms with Crippen LogP contribution in [0.25, 0.3) is 17.4 Å². The van der Waals surface area contributed by atoms with Crippen LogP contribution in [0.5, 0.6) is 0 Å². The van der Waals surface area contributed by atoms with E-state index in [1.807, 2.05) is 24.3 Å². The molecule has 1 amide bonds. The number of hydrogen-bond donors (Lipinski definition) is 2. The Hall–Kier alpha value is -2.84. The highest BCUT2D eigenvalue weighted by Gasteiger charge is 2.15. The van der Waals surface area contributed by atoms with Gasteiger partial charge in [0.05, 0.1) is 24.6 Å². The smallest absolute Gasteiger partial charge is 0.250 e. The first-order chi connectivity index (χ1) is 16.0. The molecule has 0 atom stereocenters. The number of morpholine rings is 1. The van der Waals surface area contributed by atoms with Gasteiger partial charge in [0.25, 0.3) is 0 Å². The van der Waals surface area contributed by atoms with Gasteiger partial charge in [-0.25, -0.2) is 0 Å². The summed E-state index contributed by atoms with van der Waals surface area (Å²) in [4.78, 5) is 14.6. The molecule has 6 nitrogen and oxygen atoms in total. The summed E-state index contributed by atoms with van der Waals surface area (Å²) in [5.74, 6) is 0.726. The topological polar surface area (TPSA) is 66.7 Å². The second kappa shape index (κ2) is 10.9. The van der Waals surface area contributed by atoms with Gasteiger partial charge in [-0.1, -0.05) is 35.3 Å². The minimum absolute atomic E-state index is 0.207. The molecule has 1 aliphatic heterocycles. The summed E-state index contributed by atoms with van der Waals surface area (Å²) >= 11 is 17.4. The van der Waals surface area contributed by atoms with Gasteiger partial charge in [0.2, 0.25) is 5.91 Å². The van der Waals surface area contributed by atoms with Crippen molar-refractivity contribution in [2.75, 3.05) is 36.5 Å². The predicted molar refractivity (Wildman–Crippen MR) is 137 cm³/mol. The van der Waals surface area contributed by atoms with E-state index in [1.54, 1.807) is 36.4 Å². The standard InChI is InChI=1S/C24H21Cl2N3O3S/c25-17-13-16(14-18(26)15-17)22-7-5-19(32-22)6-8-23(30)28-24(33)27-20-3-1-2-4-21(20)29-9-11-31-12-10-29/h1-8,13-15H,9-12H2,(H2,27,28,30,33)/b8-6+. The SMILES string of the molecule is O=C(/C=C/c1ccc(-c2cc(Cl)cc(Cl)c2)o1)NC(=S)Nc1ccccc1N1CCOCC1. The summed E-state index contributed by atoms with van der Waals surface area (Å²) in [5.41, 5.74) is 2.59. The minimum Gasteiger partial charge on any atom is -0.457 e. The van der Waals surface area contributed by atoms with Crippen molar-refractivity contribution in [3.8, 4) is 11.3 Å². The van der Waals surface area contributed by atoms with Crippen molar-refractivity contribution in [2.45, 2.75) is 0 Å². The number of carbonyl (C=O) groups excluding carboxylic acids is 1. The van der Waals surface area contributed by atoms with Crippen LogP contribution in [-0.2, 0) is 9.53 Å². The van der Waals surface area contributed by atoms with Crippen LogP contribution < -0.4 is 15.5 Å². The van der Waals surface area contributed by atoms with E-state index in [0.29, 0.717) is 34.8 Å². The highest BCUT2D eigenvalue weighted by molar-refractivity contribution is 7.80. The van der Waals surface area contributed by atoms with Crippen molar-refractivity contribution in [3.63, 3.8) is 0 Å². The zero-order valence-corrected chi connectivity index (χ0v) is 19.8. The third-order valence-corrected chi connectivity index (χ3v) is 5.55. The summed E-state index contributed by atoms with van der Waals surface area (Å²) in [6.07, 6.45) is 2.92. The van der Waals surface area contributed by atoms with Gasteiger partial charge >= 0.3 is 0 Å². The highest BCUT2D eigenvalue weighted by Crippen LogP contribution is 2.29. The molecule has 2 N–H and O–H groups in total. The Morgan fingerprint density at radius 1 is 1.03 bits per heavy atom. The van der Waals surface area contributed by atoms with Crippen molar-refractivity contribution < 1.29 is 13.9 Å². The number of rotatable bonds is 5. The lowest BCUT2D eigenvalue weighted by Gasteiger charge is -2.30. The van der Waals surface area contributed by atoms with Gasteiger partial charge in [0.15, 0.2) is 5.11 Å². The van der Waals surface area contributed by atoms with Crippen LogP contribution in [0, 0.1) is 0 Å². The number of thiocarbonyl (C=S) groups is 1. The first kappa shape index (κ1) is 23.3. The molecule has 4 rings (SSSR count). The van der Waals surface area contributed by atoms with Gasteiger partial charge < -0.3 is 19.4 Å². The number of para-hydroxylation sites is 2. The number of halogens is 2. The number of ether oxygens (including phenoxy) is 1. The van der Waals surface area contributed by atoms with E-state index in [9.17, 15) is 4.79 Å². The predicted octanol–water partition coefficient (Wildman–Crippen LogP) is 5.62. The van der Waals surface area contributed by atoms with Gasteiger partial charge in [-0.3, -0.25) is 10.1 Å². The summed E-state index contributed by atoms with van der Waals surface area (Å²) in [7, 11) is 0. The largest absolute Gasteiger partial charge is 0.457 e. The maximum atomic E-state index is 12.3. The quantitative estimate of drug-likeness (QED) is 0.349. The molecule has 2 aromatic carbocycles. The fraction of sp³-hybridized carbons (Fsp3) is 0.167. The molecule has 0 aliphatic carbocycles. The second-order valence-corrected chi connectivity index (χ2v) is 8.53. The molecule has 0 unspecified atom stereocenters. The van der Waals surface area contributed by atoms with Crippen molar-refractivity contribution in [1.29, 1.82) is 0 Å². The van der Waals surface area contributed by atoms with E-state index in [-0.39, 0.29) is 11.0 Å². The van der Waals surface area contributed by atoms with Crippen LogP contribution in [0.2, 0.25) is 10.0 Å². The fourth-order valence-corrected chi connectivity index (χ4v) is 4.15. The lowest BCUT2D eigenvalue weighted by Crippen LogP contribution is -2.37. The van der Waals surface area contributed by atoms with E-state index in [1.165, 1.54) is 6.08 Å². The zero-order chi connectivity index (χ0) is 23.2. The van der Waals surface area contributed by atoms with E-state index < -0.39 is 0 Å². The van der Waals surface area contributed by atoms with Crippen molar-refractivity contribution >= 4 is 63.9 Å². The Labute approximate surface area is 207 Å². The summed E-state index contributed by atoms with van der Waals surface area (Å²) in [6, 6.07) is 16.5. The van der Waals surface area contributed by atoms with E-state index in [4.69, 9.17) is 44.6 Å². The lowest BCUT2D eigenvalue weighted by atomic mass is 10.2. The van der Waals surface area contributed by atoms with E-state index in [2.05, 4.69) is 15.5 Å². The number of nitrogens with zero attached hydrogens (tertiary/aromatic N) is 1. The van der Waals surface area contributed by atoms with E-state index >= 15 is 0 Å². The van der Waals surface area contributed by atoms with Gasteiger partial charge in [-0.05, 0) is 60.8 Å². The van der Waals surface area contributed by atoms with E-state index in [0.717, 1.165) is 30.0 Å². The first-order valence-corrected chi connectivity index (χ1v) is 11.4. The maximum Gasteiger partial charge on any atom is 0.250 e. The van der Waals surface area contributed by atoms with Gasteiger partial charge in [0.1, 0.15) is 11.5 Å². The summed E-state index contributed by atoms with van der Waals surface area (Å²) in [6.45, 7) is 2.96. The molecule has 1 aliphatic rings. The number of hydrogen-bond acceptors (Lipinski definition) is 5. The van der Waals surface area contributed by atoms with Crippen LogP contribution >= 0.6 is 35.4 Å². The fourth-order valence-electron chi connectivity index (χ4n) is 3.42. The summed E-state index contributed by atoms with van der Waals surface area (Å²) < 4.78 is 11.2. The molecule has 0 radical (unpaired) electrons. The Morgan fingerprint density at radius 3 is 2.52 bits per heavy atom. The number of carbonyl (C=O) groups is 1. The normalized spacial score (nSPS) is 13.8. The molecule has 0 saturated carbocycles. The molecule has 2 heterocycles. The highest BCUT2D eigenvalue weighted by atomic mass is 35.5. The number of nitrogens with one attached hydrogen (secondary N) is 2. The molecule has 1 aromatic heterocycles. The Balaban J connectivity index is 1.36. The Bertz CT molecular complexity index is 1170. The monoisotopic (exact) mass is 501 g/mol. The molecular formula is C24H21Cl2N3O3S. The molecule has 9 heteroatoms. The molecule has 3 aromatic rings. The van der Waals surface area contributed by atoms with Crippen LogP contribution in [0.4, 0.5) is 11.4 Å². The number of anilines is 2. The van der Waals surface area contributed by atoms with Crippen LogP contribution in [0.1, 0.15) is 5.76 Å². The minimum atomic E-state index is -0.375. The average molecular weight is 502 g/mol. The molecule has 33 heavy (non-hydrogen) atoms. The Morgan fingerprint density at radius 2 is 1.76 bits per heavy atom. The van der Waals surface area contributed by atoms with Crippen molar-refractivity contribution in [3.05, 3.63) is 76.5 Å². The molecule has 0 bridgehead atoms. The first-order valence-electron chi connectivity index (χ1n) is 10.3. The maximum absolute atomic E-state index is 12.3. The lowest BCUT2D eigenvalue weighted by molar-refractivity contribution is -0.115. The average Bonchev–Trinajstić information content (AvgIpc) is 3.27. The number of amides is 1. The molecule has 170 valence electrons. The Kier molecular flexibility index (Phi) is 7.67. The van der Waals surface area contributed by atoms with Crippen LogP contribution in [0.15, 0.2) is 65.1 Å². The number of furan rings is 1.